The number of rotatable bonds is 26. The molecule has 0 fully saturated rings. The summed E-state index contributed by atoms with van der Waals surface area (Å²) in [7, 11) is 0. The van der Waals surface area contributed by atoms with Gasteiger partial charge >= 0.3 is 5.97 Å². The molecule has 1 aromatic rings. The number of phenols is 1. The maximum absolute atomic E-state index is 13.7. The molecule has 0 aromatic heterocycles. The summed E-state index contributed by atoms with van der Waals surface area (Å²) in [6.07, 6.45) is -1.43. The molecule has 1 aromatic carbocycles. The van der Waals surface area contributed by atoms with Crippen molar-refractivity contribution < 1.29 is 58.5 Å². The van der Waals surface area contributed by atoms with Crippen LogP contribution in [-0.2, 0) is 49.6 Å². The number of aliphatic hydroxyl groups is 1. The Morgan fingerprint density at radius 3 is 1.55 bits per heavy atom. The third kappa shape index (κ3) is 18.4. The number of carbonyl (C=O) groups is 9. The van der Waals surface area contributed by atoms with E-state index in [1.807, 2.05) is 13.8 Å². The Balaban J connectivity index is 3.14. The van der Waals surface area contributed by atoms with Crippen LogP contribution >= 0.6 is 0 Å². The second-order valence-electron chi connectivity index (χ2n) is 16.4. The van der Waals surface area contributed by atoms with Crippen LogP contribution in [0.5, 0.6) is 5.75 Å². The Kier molecular flexibility index (Phi) is 22.6. The Labute approximate surface area is 362 Å². The average molecular weight is 878 g/mol. The normalized spacial score (nSPS) is 16.1. The summed E-state index contributed by atoms with van der Waals surface area (Å²) in [6, 6.07) is -4.58. The number of benzene rings is 1. The number of hydrogen-bond donors (Lipinski definition) is 12. The van der Waals surface area contributed by atoms with Crippen molar-refractivity contribution in [2.75, 3.05) is 0 Å². The third-order valence-corrected chi connectivity index (χ3v) is 9.97. The summed E-state index contributed by atoms with van der Waals surface area (Å²) < 4.78 is 0. The standard InChI is InChI=1S/C41H67N9O12/c1-10-21(6)32(41(61)62)49-40(60)33(24(9)51)50-35(55)23(8)45-39(59)31(20(4)5)48-34(54)22(7)44-37(57)28(15-16-30(43)53)46-38(58)29(18-25-11-13-26(52)14-12-25)47-36(56)27(42)17-19(2)3/h11-14,19-24,27-29,31-33,51-52H,10,15-18,42H2,1-9H3,(H2,43,53)(H,44,57)(H,45,59)(H,46,58)(H,47,56)(H,48,54)(H,49,60)(H,50,55)(H,61,62). The lowest BCUT2D eigenvalue weighted by Crippen LogP contribution is -2.61. The molecule has 0 saturated heterocycles. The van der Waals surface area contributed by atoms with Crippen LogP contribution in [0.1, 0.15) is 93.6 Å². The fourth-order valence-corrected chi connectivity index (χ4v) is 5.97. The number of amides is 8. The number of carbonyl (C=O) groups excluding carboxylic acids is 8. The van der Waals surface area contributed by atoms with Gasteiger partial charge in [0.2, 0.25) is 47.3 Å². The van der Waals surface area contributed by atoms with Crippen LogP contribution in [0, 0.1) is 17.8 Å². The highest BCUT2D eigenvalue weighted by Crippen LogP contribution is 2.13. The van der Waals surface area contributed by atoms with Crippen molar-refractivity contribution in [1.82, 2.24) is 37.2 Å². The molecular weight excluding hydrogens is 811 g/mol. The molecule has 0 saturated carbocycles. The van der Waals surface area contributed by atoms with Crippen molar-refractivity contribution in [3.05, 3.63) is 29.8 Å². The first-order chi connectivity index (χ1) is 28.8. The van der Waals surface area contributed by atoms with Crippen LogP contribution < -0.4 is 48.7 Å². The van der Waals surface area contributed by atoms with E-state index in [0.29, 0.717) is 18.4 Å². The largest absolute Gasteiger partial charge is 0.508 e. The first-order valence-corrected chi connectivity index (χ1v) is 20.6. The smallest absolute Gasteiger partial charge is 0.326 e. The minimum absolute atomic E-state index is 0.0295. The molecule has 348 valence electrons. The number of aliphatic hydroxyl groups excluding tert-OH is 1. The van der Waals surface area contributed by atoms with Gasteiger partial charge in [0, 0.05) is 12.8 Å². The summed E-state index contributed by atoms with van der Waals surface area (Å²) in [6.45, 7) is 14.1. The molecule has 8 amide bonds. The Morgan fingerprint density at radius 2 is 1.08 bits per heavy atom. The zero-order valence-electron chi connectivity index (χ0n) is 36.9. The van der Waals surface area contributed by atoms with Gasteiger partial charge in [0.15, 0.2) is 0 Å². The number of primary amides is 1. The Bertz CT molecular complexity index is 1720. The van der Waals surface area contributed by atoms with Gasteiger partial charge in [0.1, 0.15) is 48.0 Å². The molecule has 10 unspecified atom stereocenters. The molecule has 62 heavy (non-hydrogen) atoms. The highest BCUT2D eigenvalue weighted by molar-refractivity contribution is 5.97. The third-order valence-electron chi connectivity index (χ3n) is 9.97. The molecule has 0 aliphatic carbocycles. The quantitative estimate of drug-likeness (QED) is 0.0488. The molecule has 14 N–H and O–H groups in total. The van der Waals surface area contributed by atoms with Gasteiger partial charge in [0.05, 0.1) is 12.1 Å². The number of nitrogens with one attached hydrogen (secondary N) is 7. The molecule has 0 spiro atoms. The summed E-state index contributed by atoms with van der Waals surface area (Å²) in [5.74, 6) is -8.98. The van der Waals surface area contributed by atoms with Gasteiger partial charge < -0.3 is 64.0 Å². The number of phenolic OH excluding ortho intramolecular Hbond substituents is 1. The van der Waals surface area contributed by atoms with Crippen LogP contribution in [0.4, 0.5) is 0 Å². The Hall–Kier alpha value is -5.83. The average Bonchev–Trinajstić information content (AvgIpc) is 3.18. The minimum atomic E-state index is -1.58. The van der Waals surface area contributed by atoms with Gasteiger partial charge in [0.25, 0.3) is 0 Å². The summed E-state index contributed by atoms with van der Waals surface area (Å²) in [4.78, 5) is 117. The summed E-state index contributed by atoms with van der Waals surface area (Å²) in [5, 5.41) is 46.7. The van der Waals surface area contributed by atoms with Crippen LogP contribution in [0.3, 0.4) is 0 Å². The van der Waals surface area contributed by atoms with Crippen molar-refractivity contribution >= 4 is 53.2 Å². The molecule has 0 bridgehead atoms. The van der Waals surface area contributed by atoms with Gasteiger partial charge in [-0.1, -0.05) is 60.1 Å². The first-order valence-electron chi connectivity index (χ1n) is 20.6. The molecule has 1 rings (SSSR count). The second kappa shape index (κ2) is 25.8. The van der Waals surface area contributed by atoms with Gasteiger partial charge in [-0.05, 0) is 69.1 Å². The summed E-state index contributed by atoms with van der Waals surface area (Å²) >= 11 is 0. The van der Waals surface area contributed by atoms with Crippen molar-refractivity contribution in [2.24, 2.45) is 29.2 Å². The van der Waals surface area contributed by atoms with Crippen LogP contribution in [0.15, 0.2) is 24.3 Å². The molecule has 0 aliphatic heterocycles. The fraction of sp³-hybridized carbons (Fsp3) is 0.634. The topological polar surface area (TPSA) is 351 Å². The monoisotopic (exact) mass is 877 g/mol. The lowest BCUT2D eigenvalue weighted by Gasteiger charge is -2.28. The van der Waals surface area contributed by atoms with E-state index in [-0.39, 0.29) is 30.9 Å². The molecular formula is C41H67N9O12. The number of aromatic hydroxyl groups is 1. The van der Waals surface area contributed by atoms with E-state index in [1.165, 1.54) is 45.0 Å². The van der Waals surface area contributed by atoms with E-state index in [2.05, 4.69) is 37.2 Å². The molecule has 21 heteroatoms. The van der Waals surface area contributed by atoms with Gasteiger partial charge in [-0.15, -0.1) is 0 Å². The first kappa shape index (κ1) is 54.2. The number of aliphatic carboxylic acids is 1. The van der Waals surface area contributed by atoms with Gasteiger partial charge in [-0.2, -0.15) is 0 Å². The predicted molar refractivity (Wildman–Crippen MR) is 226 cm³/mol. The van der Waals surface area contributed by atoms with E-state index in [1.54, 1.807) is 27.7 Å². The zero-order valence-corrected chi connectivity index (χ0v) is 36.9. The maximum Gasteiger partial charge on any atom is 0.326 e. The minimum Gasteiger partial charge on any atom is -0.508 e. The van der Waals surface area contributed by atoms with Crippen molar-refractivity contribution in [2.45, 2.75) is 149 Å². The van der Waals surface area contributed by atoms with E-state index >= 15 is 0 Å². The molecule has 0 aliphatic rings. The molecule has 10 atom stereocenters. The molecule has 0 radical (unpaired) electrons. The van der Waals surface area contributed by atoms with E-state index in [4.69, 9.17) is 11.5 Å². The van der Waals surface area contributed by atoms with Crippen molar-refractivity contribution in [1.29, 1.82) is 0 Å². The summed E-state index contributed by atoms with van der Waals surface area (Å²) in [5.41, 5.74) is 11.9. The lowest BCUT2D eigenvalue weighted by molar-refractivity contribution is -0.144. The highest BCUT2D eigenvalue weighted by atomic mass is 16.4. The highest BCUT2D eigenvalue weighted by Gasteiger charge is 2.35. The van der Waals surface area contributed by atoms with E-state index < -0.39 is 120 Å². The van der Waals surface area contributed by atoms with Crippen molar-refractivity contribution in [3.63, 3.8) is 0 Å². The SMILES string of the molecule is CCC(C)C(NC(=O)C(NC(=O)C(C)NC(=O)C(NC(=O)C(C)NC(=O)C(CCC(N)=O)NC(=O)C(Cc1ccc(O)cc1)NC(=O)C(N)CC(C)C)C(C)C)C(C)O)C(=O)O. The number of carboxylic acids is 1. The van der Waals surface area contributed by atoms with Gasteiger partial charge in [-0.3, -0.25) is 38.4 Å². The van der Waals surface area contributed by atoms with Crippen molar-refractivity contribution in [3.8, 4) is 5.75 Å². The molecule has 0 heterocycles. The van der Waals surface area contributed by atoms with Crippen LogP contribution in [0.2, 0.25) is 0 Å². The predicted octanol–water partition coefficient (Wildman–Crippen LogP) is -1.83. The number of nitrogens with two attached hydrogens (primary N) is 2. The van der Waals surface area contributed by atoms with E-state index in [9.17, 15) is 58.5 Å². The van der Waals surface area contributed by atoms with Crippen LogP contribution in [-0.4, -0.2) is 123 Å². The van der Waals surface area contributed by atoms with Gasteiger partial charge in [-0.25, -0.2) is 4.79 Å². The lowest BCUT2D eigenvalue weighted by atomic mass is 9.98. The fourth-order valence-electron chi connectivity index (χ4n) is 5.97. The Morgan fingerprint density at radius 1 is 0.613 bits per heavy atom. The number of carboxylic acid groups (broad SMARTS) is 1. The zero-order chi connectivity index (χ0) is 47.6. The molecule has 21 nitrogen and oxygen atoms in total. The van der Waals surface area contributed by atoms with E-state index in [0.717, 1.165) is 0 Å². The van der Waals surface area contributed by atoms with Crippen LogP contribution in [0.25, 0.3) is 0 Å². The second-order valence-corrected chi connectivity index (χ2v) is 16.4. The number of hydrogen-bond acceptors (Lipinski definition) is 12. The maximum atomic E-state index is 13.7.